The molecule has 84 valence electrons. The number of carbonyl (C=O) groups excluding carboxylic acids is 1. The molecule has 0 saturated heterocycles. The summed E-state index contributed by atoms with van der Waals surface area (Å²) < 4.78 is 28.4. The molecule has 0 aromatic rings. The minimum atomic E-state index is -3.88. The molecule has 2 aliphatic rings. The maximum absolute atomic E-state index is 11.5. The van der Waals surface area contributed by atoms with Gasteiger partial charge < -0.3 is 4.18 Å². The molecule has 6 heteroatoms. The van der Waals surface area contributed by atoms with E-state index in [1.54, 1.807) is 0 Å². The zero-order valence-corrected chi connectivity index (χ0v) is 9.07. The molecular weight excluding hydrogens is 218 g/mol. The topological polar surface area (TPSA) is 63.7 Å². The third kappa shape index (κ3) is 1.99. The van der Waals surface area contributed by atoms with Crippen molar-refractivity contribution >= 4 is 16.2 Å². The summed E-state index contributed by atoms with van der Waals surface area (Å²) >= 11 is 0. The van der Waals surface area contributed by atoms with Gasteiger partial charge in [0.1, 0.15) is 6.26 Å². The molecule has 0 aromatic carbocycles. The second-order valence-electron chi connectivity index (χ2n) is 3.78. The van der Waals surface area contributed by atoms with E-state index in [-0.39, 0.29) is 6.04 Å². The van der Waals surface area contributed by atoms with Crippen molar-refractivity contribution in [2.24, 2.45) is 0 Å². The van der Waals surface area contributed by atoms with Gasteiger partial charge >= 0.3 is 10.3 Å². The van der Waals surface area contributed by atoms with Gasteiger partial charge in [-0.2, -0.15) is 12.7 Å². The third-order valence-electron chi connectivity index (χ3n) is 2.75. The average molecular weight is 231 g/mol. The van der Waals surface area contributed by atoms with Crippen LogP contribution in [0.2, 0.25) is 0 Å². The Morgan fingerprint density at radius 3 is 2.53 bits per heavy atom. The van der Waals surface area contributed by atoms with Crippen LogP contribution in [0.4, 0.5) is 0 Å². The minimum absolute atomic E-state index is 0.221. The molecule has 1 fully saturated rings. The van der Waals surface area contributed by atoms with E-state index in [0.717, 1.165) is 48.7 Å². The van der Waals surface area contributed by atoms with E-state index in [4.69, 9.17) is 0 Å². The van der Waals surface area contributed by atoms with Crippen molar-refractivity contribution in [1.82, 2.24) is 4.31 Å². The number of nitrogens with zero attached hydrogens (tertiary/aromatic N) is 1. The van der Waals surface area contributed by atoms with Gasteiger partial charge in [-0.25, -0.2) is 0 Å². The maximum atomic E-state index is 11.5. The molecule has 0 unspecified atom stereocenters. The van der Waals surface area contributed by atoms with Gasteiger partial charge in [-0.3, -0.25) is 4.79 Å². The highest BCUT2D eigenvalue weighted by atomic mass is 32.2. The predicted octanol–water partition coefficient (Wildman–Crippen LogP) is 0.936. The summed E-state index contributed by atoms with van der Waals surface area (Å²) in [5.41, 5.74) is 0. The van der Waals surface area contributed by atoms with Gasteiger partial charge in [0, 0.05) is 6.08 Å². The lowest BCUT2D eigenvalue weighted by molar-refractivity contribution is -0.124. The first-order valence-corrected chi connectivity index (χ1v) is 6.41. The first kappa shape index (κ1) is 10.5. The van der Waals surface area contributed by atoms with E-state index in [1.807, 2.05) is 0 Å². The van der Waals surface area contributed by atoms with Crippen LogP contribution in [0.1, 0.15) is 32.1 Å². The SMILES string of the molecule is O=C1C=COS(=O)(=O)N1C1CCCCC1. The van der Waals surface area contributed by atoms with E-state index < -0.39 is 16.2 Å². The Morgan fingerprint density at radius 1 is 1.27 bits per heavy atom. The van der Waals surface area contributed by atoms with Crippen LogP contribution in [0.3, 0.4) is 0 Å². The highest BCUT2D eigenvalue weighted by Crippen LogP contribution is 2.27. The fourth-order valence-corrected chi connectivity index (χ4v) is 3.21. The zero-order chi connectivity index (χ0) is 10.9. The molecule has 1 saturated carbocycles. The second kappa shape index (κ2) is 3.84. The lowest BCUT2D eigenvalue weighted by Crippen LogP contribution is -2.46. The molecular formula is C9H13NO4S. The molecule has 1 aliphatic carbocycles. The van der Waals surface area contributed by atoms with Gasteiger partial charge in [-0.15, -0.1) is 0 Å². The van der Waals surface area contributed by atoms with Crippen molar-refractivity contribution in [3.05, 3.63) is 12.3 Å². The normalized spacial score (nSPS) is 26.4. The van der Waals surface area contributed by atoms with Gasteiger partial charge in [-0.05, 0) is 12.8 Å². The molecule has 5 nitrogen and oxygen atoms in total. The highest BCUT2D eigenvalue weighted by molar-refractivity contribution is 7.85. The van der Waals surface area contributed by atoms with Crippen LogP contribution in [-0.2, 0) is 19.3 Å². The first-order valence-electron chi connectivity index (χ1n) is 5.04. The zero-order valence-electron chi connectivity index (χ0n) is 8.26. The molecule has 0 spiro atoms. The fraction of sp³-hybridized carbons (Fsp3) is 0.667. The predicted molar refractivity (Wildman–Crippen MR) is 52.9 cm³/mol. The number of hydrogen-bond acceptors (Lipinski definition) is 4. The monoisotopic (exact) mass is 231 g/mol. The molecule has 0 bridgehead atoms. The Kier molecular flexibility index (Phi) is 2.68. The highest BCUT2D eigenvalue weighted by Gasteiger charge is 2.37. The molecule has 0 radical (unpaired) electrons. The second-order valence-corrected chi connectivity index (χ2v) is 5.22. The molecule has 0 N–H and O–H groups in total. The standard InChI is InChI=1S/C9H13NO4S/c11-9-6-7-14-15(12,13)10(9)8-4-2-1-3-5-8/h6-8H,1-5H2. The van der Waals surface area contributed by atoms with Crippen LogP contribution in [-0.4, -0.2) is 24.7 Å². The third-order valence-corrected chi connectivity index (χ3v) is 4.07. The first-order chi connectivity index (χ1) is 7.11. The number of rotatable bonds is 1. The summed E-state index contributed by atoms with van der Waals surface area (Å²) in [6.45, 7) is 0. The lowest BCUT2D eigenvalue weighted by Gasteiger charge is -2.32. The molecule has 0 atom stereocenters. The van der Waals surface area contributed by atoms with Gasteiger partial charge in [0.15, 0.2) is 0 Å². The van der Waals surface area contributed by atoms with Crippen LogP contribution in [0.25, 0.3) is 0 Å². The average Bonchev–Trinajstić information content (AvgIpc) is 2.17. The van der Waals surface area contributed by atoms with Crippen LogP contribution < -0.4 is 0 Å². The van der Waals surface area contributed by atoms with Gasteiger partial charge in [0.2, 0.25) is 0 Å². The van der Waals surface area contributed by atoms with Crippen molar-refractivity contribution in [2.75, 3.05) is 0 Å². The number of amides is 1. The summed E-state index contributed by atoms with van der Waals surface area (Å²) in [7, 11) is -3.88. The summed E-state index contributed by atoms with van der Waals surface area (Å²) in [6.07, 6.45) is 6.59. The molecule has 2 rings (SSSR count). The largest absolute Gasteiger partial charge is 0.412 e. The smallest absolute Gasteiger partial charge is 0.374 e. The summed E-state index contributed by atoms with van der Waals surface area (Å²) in [6, 6.07) is -0.221. The van der Waals surface area contributed by atoms with Crippen LogP contribution in [0.5, 0.6) is 0 Å². The quantitative estimate of drug-likeness (QED) is 0.673. The molecule has 0 aromatic heterocycles. The van der Waals surface area contributed by atoms with E-state index in [0.29, 0.717) is 0 Å². The van der Waals surface area contributed by atoms with E-state index >= 15 is 0 Å². The number of carbonyl (C=O) groups is 1. The van der Waals surface area contributed by atoms with Gasteiger partial charge in [0.05, 0.1) is 6.04 Å². The van der Waals surface area contributed by atoms with Crippen molar-refractivity contribution in [3.8, 4) is 0 Å². The maximum Gasteiger partial charge on any atom is 0.412 e. The minimum Gasteiger partial charge on any atom is -0.374 e. The lowest BCUT2D eigenvalue weighted by atomic mass is 9.95. The van der Waals surface area contributed by atoms with Crippen LogP contribution >= 0.6 is 0 Å². The molecule has 15 heavy (non-hydrogen) atoms. The van der Waals surface area contributed by atoms with Crippen LogP contribution in [0.15, 0.2) is 12.3 Å². The summed E-state index contributed by atoms with van der Waals surface area (Å²) in [4.78, 5) is 11.5. The van der Waals surface area contributed by atoms with Crippen molar-refractivity contribution < 1.29 is 17.4 Å². The fourth-order valence-electron chi connectivity index (χ4n) is 2.06. The Bertz CT molecular complexity index is 381. The summed E-state index contributed by atoms with van der Waals surface area (Å²) in [5.74, 6) is -0.492. The molecule has 1 heterocycles. The Hall–Kier alpha value is -1.04. The Labute approximate surface area is 89.0 Å². The van der Waals surface area contributed by atoms with E-state index in [2.05, 4.69) is 4.18 Å². The number of hydrogen-bond donors (Lipinski definition) is 0. The Morgan fingerprint density at radius 2 is 1.93 bits per heavy atom. The van der Waals surface area contributed by atoms with Crippen LogP contribution in [0, 0.1) is 0 Å². The molecule has 1 aliphatic heterocycles. The molecule has 1 amide bonds. The van der Waals surface area contributed by atoms with Crippen molar-refractivity contribution in [2.45, 2.75) is 38.1 Å². The van der Waals surface area contributed by atoms with E-state index in [1.165, 1.54) is 0 Å². The summed E-state index contributed by atoms with van der Waals surface area (Å²) in [5, 5.41) is 0. The van der Waals surface area contributed by atoms with Crippen molar-refractivity contribution in [3.63, 3.8) is 0 Å². The van der Waals surface area contributed by atoms with E-state index in [9.17, 15) is 13.2 Å². The van der Waals surface area contributed by atoms with Gasteiger partial charge in [0.25, 0.3) is 5.91 Å². The van der Waals surface area contributed by atoms with Crippen molar-refractivity contribution in [1.29, 1.82) is 0 Å². The Balaban J connectivity index is 2.24. The van der Waals surface area contributed by atoms with Gasteiger partial charge in [-0.1, -0.05) is 19.3 Å².